The number of hydrogen-bond donors (Lipinski definition) is 3. The molecule has 152 valence electrons. The second-order valence-corrected chi connectivity index (χ2v) is 7.46. The summed E-state index contributed by atoms with van der Waals surface area (Å²) in [5.41, 5.74) is -0.742. The molecule has 7 nitrogen and oxygen atoms in total. The largest absolute Gasteiger partial charge is 0.586 e. The van der Waals surface area contributed by atoms with Crippen LogP contribution < -0.4 is 20.1 Å². The molecule has 2 aliphatic rings. The summed E-state index contributed by atoms with van der Waals surface area (Å²) in [6.45, 7) is 0. The van der Waals surface area contributed by atoms with Gasteiger partial charge in [0.1, 0.15) is 5.82 Å². The highest BCUT2D eigenvalue weighted by Crippen LogP contribution is 2.52. The number of carboxylic acid groups (broad SMARTS) is 1. The molecule has 29 heavy (non-hydrogen) atoms. The normalized spacial score (nSPS) is 17.5. The van der Waals surface area contributed by atoms with E-state index in [1.54, 1.807) is 0 Å². The van der Waals surface area contributed by atoms with Gasteiger partial charge in [-0.05, 0) is 52.5 Å². The van der Waals surface area contributed by atoms with Crippen molar-refractivity contribution in [3.05, 3.63) is 46.2 Å². The van der Waals surface area contributed by atoms with Crippen molar-refractivity contribution >= 4 is 39.3 Å². The van der Waals surface area contributed by atoms with E-state index in [-0.39, 0.29) is 27.3 Å². The van der Waals surface area contributed by atoms with E-state index >= 15 is 0 Å². The van der Waals surface area contributed by atoms with Crippen LogP contribution in [0.2, 0.25) is 0 Å². The first-order valence-electron chi connectivity index (χ1n) is 8.30. The third kappa shape index (κ3) is 3.57. The van der Waals surface area contributed by atoms with Crippen molar-refractivity contribution < 1.29 is 37.3 Å². The van der Waals surface area contributed by atoms with Gasteiger partial charge in [0.05, 0.1) is 16.8 Å². The monoisotopic (exact) mass is 472 g/mol. The van der Waals surface area contributed by atoms with Crippen molar-refractivity contribution in [2.24, 2.45) is 0 Å². The SMILES string of the molecule is O=C(O)Nc1cc(F)c(NC(=O)C2(c3ccc4c(c3)OC(F)(F)O4)CC2)cc1Br. The van der Waals surface area contributed by atoms with E-state index < -0.39 is 29.5 Å². The van der Waals surface area contributed by atoms with Gasteiger partial charge < -0.3 is 19.9 Å². The minimum Gasteiger partial charge on any atom is -0.465 e. The summed E-state index contributed by atoms with van der Waals surface area (Å²) in [5.74, 6) is -1.67. The van der Waals surface area contributed by atoms with Crippen molar-refractivity contribution in [3.63, 3.8) is 0 Å². The Labute approximate surface area is 169 Å². The molecule has 0 spiro atoms. The van der Waals surface area contributed by atoms with Crippen LogP contribution in [-0.4, -0.2) is 23.4 Å². The third-order valence-electron chi connectivity index (χ3n) is 4.69. The fraction of sp³-hybridized carbons (Fsp3) is 0.222. The second kappa shape index (κ2) is 6.55. The number of hydrogen-bond acceptors (Lipinski definition) is 4. The van der Waals surface area contributed by atoms with E-state index in [2.05, 4.69) is 30.7 Å². The molecule has 2 aromatic carbocycles. The van der Waals surface area contributed by atoms with E-state index in [4.69, 9.17) is 5.11 Å². The molecule has 0 unspecified atom stereocenters. The Morgan fingerprint density at radius 2 is 1.72 bits per heavy atom. The molecular formula is C18H12BrF3N2O5. The van der Waals surface area contributed by atoms with E-state index in [0.29, 0.717) is 18.4 Å². The Morgan fingerprint density at radius 1 is 1.03 bits per heavy atom. The van der Waals surface area contributed by atoms with Crippen molar-refractivity contribution in [2.75, 3.05) is 10.6 Å². The maximum atomic E-state index is 14.3. The number of halogens is 4. The van der Waals surface area contributed by atoms with Crippen LogP contribution in [0.5, 0.6) is 11.5 Å². The summed E-state index contributed by atoms with van der Waals surface area (Å²) in [7, 11) is 0. The highest BCUT2D eigenvalue weighted by Gasteiger charge is 2.53. The number of amides is 2. The molecule has 1 aliphatic heterocycles. The Bertz CT molecular complexity index is 1040. The van der Waals surface area contributed by atoms with E-state index in [1.165, 1.54) is 24.3 Å². The van der Waals surface area contributed by atoms with Crippen LogP contribution in [0.25, 0.3) is 0 Å². The summed E-state index contributed by atoms with van der Waals surface area (Å²) in [4.78, 5) is 23.6. The minimum absolute atomic E-state index is 0.0224. The molecule has 0 saturated heterocycles. The maximum absolute atomic E-state index is 14.3. The van der Waals surface area contributed by atoms with Crippen molar-refractivity contribution in [2.45, 2.75) is 24.6 Å². The Morgan fingerprint density at radius 3 is 2.38 bits per heavy atom. The first kappa shape index (κ1) is 19.4. The van der Waals surface area contributed by atoms with Crippen molar-refractivity contribution in [1.29, 1.82) is 0 Å². The maximum Gasteiger partial charge on any atom is 0.586 e. The van der Waals surface area contributed by atoms with Crippen LogP contribution in [0.4, 0.5) is 29.3 Å². The minimum atomic E-state index is -3.76. The lowest BCUT2D eigenvalue weighted by molar-refractivity contribution is -0.286. The number of nitrogens with one attached hydrogen (secondary N) is 2. The summed E-state index contributed by atoms with van der Waals surface area (Å²) in [5, 5.41) is 13.2. The number of rotatable bonds is 4. The van der Waals surface area contributed by atoms with Crippen LogP contribution in [0, 0.1) is 5.82 Å². The van der Waals surface area contributed by atoms with Gasteiger partial charge in [0.15, 0.2) is 11.5 Å². The van der Waals surface area contributed by atoms with E-state index in [9.17, 15) is 22.8 Å². The lowest BCUT2D eigenvalue weighted by atomic mass is 9.94. The molecule has 0 aromatic heterocycles. The standard InChI is InChI=1S/C18H12BrF3N2O5/c19-9-6-12(10(20)7-11(9)24-16(26)27)23-15(25)17(3-4-17)8-1-2-13-14(5-8)29-18(21,22)28-13/h1-2,5-7,24H,3-4H2,(H,23,25)(H,26,27). The zero-order valence-corrected chi connectivity index (χ0v) is 16.0. The highest BCUT2D eigenvalue weighted by atomic mass is 79.9. The van der Waals surface area contributed by atoms with Gasteiger partial charge in [-0.25, -0.2) is 9.18 Å². The van der Waals surface area contributed by atoms with Crippen LogP contribution in [0.3, 0.4) is 0 Å². The summed E-state index contributed by atoms with van der Waals surface area (Å²) >= 11 is 3.11. The molecule has 11 heteroatoms. The topological polar surface area (TPSA) is 96.9 Å². The second-order valence-electron chi connectivity index (χ2n) is 6.61. The Balaban J connectivity index is 1.57. The molecule has 0 bridgehead atoms. The Hall–Kier alpha value is -2.95. The van der Waals surface area contributed by atoms with E-state index in [0.717, 1.165) is 6.07 Å². The summed E-state index contributed by atoms with van der Waals surface area (Å²) < 4.78 is 49.8. The first-order valence-corrected chi connectivity index (χ1v) is 9.10. The third-order valence-corrected chi connectivity index (χ3v) is 5.34. The fourth-order valence-electron chi connectivity index (χ4n) is 3.11. The molecule has 4 rings (SSSR count). The molecular weight excluding hydrogens is 461 g/mol. The molecule has 1 heterocycles. The van der Waals surface area contributed by atoms with Crippen LogP contribution in [0.1, 0.15) is 18.4 Å². The molecule has 1 saturated carbocycles. The number of carbonyl (C=O) groups is 2. The summed E-state index contributed by atoms with van der Waals surface area (Å²) in [6.07, 6.45) is -4.25. The molecule has 1 fully saturated rings. The van der Waals surface area contributed by atoms with Gasteiger partial charge in [0.2, 0.25) is 5.91 Å². The zero-order chi connectivity index (χ0) is 21.0. The first-order chi connectivity index (χ1) is 13.6. The number of alkyl halides is 2. The predicted octanol–water partition coefficient (Wildman–Crippen LogP) is 4.67. The lowest BCUT2D eigenvalue weighted by Gasteiger charge is -2.17. The average Bonchev–Trinajstić information content (AvgIpc) is 3.36. The van der Waals surface area contributed by atoms with Gasteiger partial charge in [-0.2, -0.15) is 0 Å². The number of benzene rings is 2. The van der Waals surface area contributed by atoms with Gasteiger partial charge in [-0.1, -0.05) is 6.07 Å². The van der Waals surface area contributed by atoms with Gasteiger partial charge in [0.25, 0.3) is 0 Å². The van der Waals surface area contributed by atoms with Crippen LogP contribution in [0.15, 0.2) is 34.8 Å². The van der Waals surface area contributed by atoms with Gasteiger partial charge in [0, 0.05) is 10.5 Å². The Kier molecular flexibility index (Phi) is 4.37. The van der Waals surface area contributed by atoms with Gasteiger partial charge in [-0.15, -0.1) is 8.78 Å². The number of carbonyl (C=O) groups excluding carboxylic acids is 1. The smallest absolute Gasteiger partial charge is 0.465 e. The number of fused-ring (bicyclic) bond motifs is 1. The van der Waals surface area contributed by atoms with Gasteiger partial charge >= 0.3 is 12.4 Å². The average molecular weight is 473 g/mol. The van der Waals surface area contributed by atoms with E-state index in [1.807, 2.05) is 5.32 Å². The van der Waals surface area contributed by atoms with Crippen LogP contribution >= 0.6 is 15.9 Å². The predicted molar refractivity (Wildman–Crippen MR) is 97.9 cm³/mol. The lowest BCUT2D eigenvalue weighted by Crippen LogP contribution is -2.28. The zero-order valence-electron chi connectivity index (χ0n) is 14.4. The molecule has 2 amide bonds. The molecule has 1 aliphatic carbocycles. The highest BCUT2D eigenvalue weighted by molar-refractivity contribution is 9.10. The fourth-order valence-corrected chi connectivity index (χ4v) is 3.56. The quantitative estimate of drug-likeness (QED) is 0.600. The number of anilines is 2. The number of ether oxygens (including phenoxy) is 2. The molecule has 2 aromatic rings. The van der Waals surface area contributed by atoms with Gasteiger partial charge in [-0.3, -0.25) is 10.1 Å². The summed E-state index contributed by atoms with van der Waals surface area (Å²) in [6, 6.07) is 6.25. The molecule has 3 N–H and O–H groups in total. The molecule has 0 atom stereocenters. The van der Waals surface area contributed by atoms with Crippen molar-refractivity contribution in [3.8, 4) is 11.5 Å². The van der Waals surface area contributed by atoms with Crippen LogP contribution in [-0.2, 0) is 10.2 Å². The molecule has 0 radical (unpaired) electrons. The van der Waals surface area contributed by atoms with Crippen molar-refractivity contribution in [1.82, 2.24) is 0 Å².